The third-order valence-corrected chi connectivity index (χ3v) is 9.49. The smallest absolute Gasteiger partial charge is 0.412 e. The minimum absolute atomic E-state index is 0.134. The number of hydrogen-bond donors (Lipinski definition) is 1. The van der Waals surface area contributed by atoms with Gasteiger partial charge in [0.25, 0.3) is 5.91 Å². The van der Waals surface area contributed by atoms with E-state index in [0.29, 0.717) is 34.9 Å². The number of Topliss-reactive ketones (excluding diaryl/α,β-unsaturated/α-hetero) is 1. The third-order valence-electron chi connectivity index (χ3n) is 6.91. The second-order valence-corrected chi connectivity index (χ2v) is 13.4. The van der Waals surface area contributed by atoms with Crippen LogP contribution in [-0.2, 0) is 4.74 Å². The van der Waals surface area contributed by atoms with Crippen molar-refractivity contribution in [3.05, 3.63) is 52.7 Å². The molecule has 0 bridgehead atoms. The fraction of sp³-hybridized carbons (Fsp3) is 0.429. The number of fused-ring (bicyclic) bond motifs is 2. The van der Waals surface area contributed by atoms with Gasteiger partial charge in [-0.2, -0.15) is 0 Å². The van der Waals surface area contributed by atoms with Crippen LogP contribution in [0.4, 0.5) is 9.80 Å². The number of amides is 2. The first-order valence-corrected chi connectivity index (χ1v) is 14.1. The molecule has 0 radical (unpaired) electrons. The lowest BCUT2D eigenvalue weighted by atomic mass is 9.87. The molecule has 0 aliphatic carbocycles. The lowest BCUT2D eigenvalue weighted by molar-refractivity contribution is 0.0636. The zero-order chi connectivity index (χ0) is 26.5. The quantitative estimate of drug-likeness (QED) is 0.396. The van der Waals surface area contributed by atoms with Crippen molar-refractivity contribution < 1.29 is 19.1 Å². The number of carbonyl (C=O) groups excluding carboxylic acids is 3. The van der Waals surface area contributed by atoms with Gasteiger partial charge in [-0.1, -0.05) is 29.5 Å². The Morgan fingerprint density at radius 1 is 1.14 bits per heavy atom. The van der Waals surface area contributed by atoms with E-state index in [1.807, 2.05) is 49.1 Å². The molecule has 1 saturated heterocycles. The summed E-state index contributed by atoms with van der Waals surface area (Å²) in [6, 6.07) is 9.76. The average Bonchev–Trinajstić information content (AvgIpc) is 3.14. The molecule has 2 aliphatic rings. The van der Waals surface area contributed by atoms with Gasteiger partial charge in [-0.3, -0.25) is 14.9 Å². The number of thioether (sulfide) groups is 1. The number of likely N-dealkylation sites (tertiary alicyclic amines) is 1. The highest BCUT2D eigenvalue weighted by molar-refractivity contribution is 8.01. The number of pyridine rings is 1. The molecule has 0 saturated carbocycles. The molecule has 1 aromatic carbocycles. The summed E-state index contributed by atoms with van der Waals surface area (Å²) in [4.78, 5) is 47.7. The zero-order valence-electron chi connectivity index (χ0n) is 21.8. The van der Waals surface area contributed by atoms with Gasteiger partial charge in [-0.25, -0.2) is 9.78 Å². The molecule has 1 N–H and O–H groups in total. The minimum atomic E-state index is -0.661. The topological polar surface area (TPSA) is 88.6 Å². The van der Waals surface area contributed by atoms with Crippen molar-refractivity contribution in [1.29, 1.82) is 0 Å². The highest BCUT2D eigenvalue weighted by atomic mass is 32.2. The number of thiophene rings is 1. The van der Waals surface area contributed by atoms with Crippen LogP contribution in [0.25, 0.3) is 10.2 Å². The summed E-state index contributed by atoms with van der Waals surface area (Å²) in [5.41, 5.74) is 2.46. The maximum Gasteiger partial charge on any atom is 0.412 e. The number of carbonyl (C=O) groups is 3. The summed E-state index contributed by atoms with van der Waals surface area (Å²) >= 11 is 3.07. The Balaban J connectivity index is 1.41. The van der Waals surface area contributed by atoms with Crippen LogP contribution in [0, 0.1) is 13.8 Å². The van der Waals surface area contributed by atoms with Crippen LogP contribution in [0.1, 0.15) is 72.0 Å². The lowest BCUT2D eigenvalue weighted by Gasteiger charge is -2.43. The first-order valence-electron chi connectivity index (χ1n) is 12.5. The number of aryl methyl sites for hydroxylation is 2. The summed E-state index contributed by atoms with van der Waals surface area (Å²) in [6.07, 6.45) is 1.36. The van der Waals surface area contributed by atoms with Gasteiger partial charge in [0, 0.05) is 45.8 Å². The number of aromatic nitrogens is 1. The first kappa shape index (κ1) is 25.7. The highest BCUT2D eigenvalue weighted by Gasteiger charge is 2.43. The molecule has 5 rings (SSSR count). The molecule has 7 nitrogen and oxygen atoms in total. The Hall–Kier alpha value is -2.91. The average molecular weight is 538 g/mol. The van der Waals surface area contributed by atoms with Crippen LogP contribution in [0.3, 0.4) is 0 Å². The van der Waals surface area contributed by atoms with Crippen molar-refractivity contribution in [1.82, 2.24) is 9.88 Å². The number of nitrogens with one attached hydrogen (secondary N) is 1. The van der Waals surface area contributed by atoms with Crippen molar-refractivity contribution in [2.24, 2.45) is 0 Å². The molecule has 9 heteroatoms. The van der Waals surface area contributed by atoms with E-state index in [1.165, 1.54) is 11.3 Å². The summed E-state index contributed by atoms with van der Waals surface area (Å²) in [5, 5.41) is 3.99. The van der Waals surface area contributed by atoms with E-state index in [2.05, 4.69) is 10.3 Å². The Morgan fingerprint density at radius 2 is 1.84 bits per heavy atom. The van der Waals surface area contributed by atoms with Gasteiger partial charge in [0.1, 0.15) is 15.4 Å². The summed E-state index contributed by atoms with van der Waals surface area (Å²) in [7, 11) is 0. The molecule has 194 valence electrons. The van der Waals surface area contributed by atoms with E-state index in [0.717, 1.165) is 39.9 Å². The normalized spacial score (nSPS) is 17.1. The van der Waals surface area contributed by atoms with Gasteiger partial charge >= 0.3 is 6.09 Å². The molecule has 2 aliphatic heterocycles. The highest BCUT2D eigenvalue weighted by Crippen LogP contribution is 2.49. The van der Waals surface area contributed by atoms with Gasteiger partial charge < -0.3 is 9.64 Å². The fourth-order valence-electron chi connectivity index (χ4n) is 4.90. The molecule has 4 heterocycles. The van der Waals surface area contributed by atoms with E-state index in [4.69, 9.17) is 4.74 Å². The first-order chi connectivity index (χ1) is 17.4. The Morgan fingerprint density at radius 3 is 2.54 bits per heavy atom. The monoisotopic (exact) mass is 537 g/mol. The predicted octanol–water partition coefficient (Wildman–Crippen LogP) is 6.61. The van der Waals surface area contributed by atoms with Crippen molar-refractivity contribution in [2.75, 3.05) is 18.4 Å². The maximum absolute atomic E-state index is 13.9. The second kappa shape index (κ2) is 9.44. The van der Waals surface area contributed by atoms with E-state index >= 15 is 0 Å². The Bertz CT molecular complexity index is 1410. The van der Waals surface area contributed by atoms with Gasteiger partial charge in [0.05, 0.1) is 5.56 Å². The molecular weight excluding hydrogens is 506 g/mol. The number of rotatable bonds is 2. The van der Waals surface area contributed by atoms with Crippen LogP contribution < -0.4 is 5.32 Å². The summed E-state index contributed by atoms with van der Waals surface area (Å²) < 4.78 is 5.27. The number of ketones is 1. The van der Waals surface area contributed by atoms with Crippen LogP contribution >= 0.6 is 23.1 Å². The number of ether oxygens (including phenoxy) is 1. The van der Waals surface area contributed by atoms with Crippen LogP contribution in [0.5, 0.6) is 0 Å². The van der Waals surface area contributed by atoms with Gasteiger partial charge in [-0.05, 0) is 65.2 Å². The third kappa shape index (κ3) is 5.11. The lowest BCUT2D eigenvalue weighted by Crippen LogP contribution is -2.47. The van der Waals surface area contributed by atoms with Crippen molar-refractivity contribution in [2.45, 2.75) is 69.1 Å². The molecule has 37 heavy (non-hydrogen) atoms. The number of anilines is 1. The second-order valence-electron chi connectivity index (χ2n) is 10.8. The van der Waals surface area contributed by atoms with E-state index in [9.17, 15) is 14.4 Å². The molecule has 0 atom stereocenters. The van der Waals surface area contributed by atoms with E-state index in [1.54, 1.807) is 32.5 Å². The van der Waals surface area contributed by atoms with Crippen LogP contribution in [0.2, 0.25) is 0 Å². The van der Waals surface area contributed by atoms with Gasteiger partial charge in [0.15, 0.2) is 5.78 Å². The summed E-state index contributed by atoms with van der Waals surface area (Å²) in [6.45, 7) is 10.4. The number of hydrogen-bond acceptors (Lipinski definition) is 7. The summed E-state index contributed by atoms with van der Waals surface area (Å²) in [5.74, 6) is 0.0449. The van der Waals surface area contributed by atoms with Gasteiger partial charge in [-0.15, -0.1) is 11.8 Å². The fourth-order valence-corrected chi connectivity index (χ4v) is 7.48. The maximum atomic E-state index is 13.9. The largest absolute Gasteiger partial charge is 0.444 e. The number of piperidine rings is 1. The standard InChI is InChI=1S/C28H31N3O4S2/c1-16-14-19-22(24(36-23(19)29-17(16)2)30-26(34)35-27(3,4)5)25(33)31-12-10-28(11-13-31)15-20(32)18-8-6-7-9-21(18)37-28/h6-9,14H,10-13,15H2,1-5H3,(H,30,34). The predicted molar refractivity (Wildman–Crippen MR) is 148 cm³/mol. The molecule has 2 aromatic heterocycles. The molecular formula is C28H31N3O4S2. The van der Waals surface area contributed by atoms with E-state index < -0.39 is 11.7 Å². The number of nitrogens with zero attached hydrogens (tertiary/aromatic N) is 2. The van der Waals surface area contributed by atoms with Crippen molar-refractivity contribution in [3.8, 4) is 0 Å². The van der Waals surface area contributed by atoms with Crippen molar-refractivity contribution in [3.63, 3.8) is 0 Å². The SMILES string of the molecule is Cc1cc2c(C(=O)N3CCC4(CC3)CC(=O)c3ccccc3S4)c(NC(=O)OC(C)(C)C)sc2nc1C. The van der Waals surface area contributed by atoms with Crippen LogP contribution in [0.15, 0.2) is 35.2 Å². The number of benzene rings is 1. The molecule has 0 unspecified atom stereocenters. The van der Waals surface area contributed by atoms with Crippen LogP contribution in [-0.4, -0.2) is 51.1 Å². The Kier molecular flexibility index (Phi) is 6.56. The van der Waals surface area contributed by atoms with Gasteiger partial charge in [0.2, 0.25) is 0 Å². The van der Waals surface area contributed by atoms with Crippen molar-refractivity contribution >= 4 is 56.1 Å². The zero-order valence-corrected chi connectivity index (χ0v) is 23.4. The molecule has 3 aromatic rings. The molecule has 1 fully saturated rings. The minimum Gasteiger partial charge on any atom is -0.444 e. The Labute approximate surface area is 225 Å². The van der Waals surface area contributed by atoms with E-state index in [-0.39, 0.29) is 16.4 Å². The molecule has 1 spiro atoms. The molecule has 2 amide bonds.